The number of methoxy groups -OCH3 is 2. The van der Waals surface area contributed by atoms with Crippen LogP contribution in [0.2, 0.25) is 0 Å². The highest BCUT2D eigenvalue weighted by atomic mass is 16.5. The zero-order chi connectivity index (χ0) is 23.5. The predicted molar refractivity (Wildman–Crippen MR) is 119 cm³/mol. The minimum atomic E-state index is -0.913. The monoisotopic (exact) mass is 442 g/mol. The van der Waals surface area contributed by atoms with Crippen molar-refractivity contribution in [3.8, 4) is 5.75 Å². The Morgan fingerprint density at radius 3 is 2.09 bits per heavy atom. The molecule has 32 heavy (non-hydrogen) atoms. The van der Waals surface area contributed by atoms with E-state index >= 15 is 0 Å². The van der Waals surface area contributed by atoms with Gasteiger partial charge in [0.2, 0.25) is 5.91 Å². The molecule has 2 atom stereocenters. The molecule has 2 amide bonds. The summed E-state index contributed by atoms with van der Waals surface area (Å²) in [6, 6.07) is 14.6. The van der Waals surface area contributed by atoms with Crippen LogP contribution in [0, 0.1) is 5.92 Å². The second-order valence-corrected chi connectivity index (χ2v) is 7.56. The fraction of sp³-hybridized carbons (Fsp3) is 0.375. The Balaban J connectivity index is 2.01. The Morgan fingerprint density at radius 2 is 1.53 bits per heavy atom. The molecule has 2 aromatic carbocycles. The van der Waals surface area contributed by atoms with Crippen LogP contribution in [0.4, 0.5) is 4.79 Å². The molecular weight excluding hydrogens is 412 g/mol. The predicted octanol–water partition coefficient (Wildman–Crippen LogP) is 2.85. The van der Waals surface area contributed by atoms with Gasteiger partial charge in [0, 0.05) is 6.42 Å². The van der Waals surface area contributed by atoms with E-state index in [1.165, 1.54) is 7.11 Å². The quantitative estimate of drug-likeness (QED) is 0.549. The number of carbonyl (C=O) groups excluding carboxylic acids is 3. The van der Waals surface area contributed by atoms with Gasteiger partial charge in [-0.15, -0.1) is 0 Å². The van der Waals surface area contributed by atoms with E-state index in [0.29, 0.717) is 5.75 Å². The molecule has 172 valence electrons. The van der Waals surface area contributed by atoms with Gasteiger partial charge in [0.05, 0.1) is 14.2 Å². The maximum absolute atomic E-state index is 12.9. The van der Waals surface area contributed by atoms with Gasteiger partial charge in [-0.1, -0.05) is 56.3 Å². The third kappa shape index (κ3) is 7.61. The van der Waals surface area contributed by atoms with Crippen LogP contribution in [0.1, 0.15) is 25.0 Å². The molecule has 8 nitrogen and oxygen atoms in total. The van der Waals surface area contributed by atoms with Crippen LogP contribution in [0.25, 0.3) is 0 Å². The SMILES string of the molecule is COC(=O)[C@H](Cc1ccc(OC)cc1)NC(=O)[C@@H](NC(=O)OCc1ccccc1)C(C)C. The number of nitrogens with one attached hydrogen (secondary N) is 2. The third-order valence-corrected chi connectivity index (χ3v) is 4.84. The second kappa shape index (κ2) is 12.3. The Labute approximate surface area is 188 Å². The molecule has 0 bridgehead atoms. The fourth-order valence-corrected chi connectivity index (χ4v) is 3.02. The molecule has 0 fully saturated rings. The standard InChI is InChI=1S/C24H30N2O6/c1-16(2)21(26-24(29)32-15-18-8-6-5-7-9-18)22(27)25-20(23(28)31-4)14-17-10-12-19(30-3)13-11-17/h5-13,16,20-21H,14-15H2,1-4H3,(H,25,27)(H,26,29)/t20-,21-/m0/s1. The average molecular weight is 443 g/mol. The molecule has 0 aliphatic carbocycles. The van der Waals surface area contributed by atoms with Gasteiger partial charge in [-0.05, 0) is 29.2 Å². The minimum Gasteiger partial charge on any atom is -0.497 e. The summed E-state index contributed by atoms with van der Waals surface area (Å²) >= 11 is 0. The van der Waals surface area contributed by atoms with Crippen molar-refractivity contribution < 1.29 is 28.6 Å². The Hall–Kier alpha value is -3.55. The maximum atomic E-state index is 12.9. The first-order valence-corrected chi connectivity index (χ1v) is 10.3. The van der Waals surface area contributed by atoms with Gasteiger partial charge in [-0.2, -0.15) is 0 Å². The Kier molecular flexibility index (Phi) is 9.53. The maximum Gasteiger partial charge on any atom is 0.408 e. The first-order valence-electron chi connectivity index (χ1n) is 10.3. The molecule has 0 saturated heterocycles. The van der Waals surface area contributed by atoms with E-state index in [9.17, 15) is 14.4 Å². The summed E-state index contributed by atoms with van der Waals surface area (Å²) in [6.07, 6.45) is -0.487. The first kappa shape index (κ1) is 24.7. The highest BCUT2D eigenvalue weighted by molar-refractivity contribution is 5.90. The number of ether oxygens (including phenoxy) is 3. The van der Waals surface area contributed by atoms with E-state index in [2.05, 4.69) is 10.6 Å². The number of rotatable bonds is 10. The number of amides is 2. The molecular formula is C24H30N2O6. The molecule has 0 aliphatic rings. The highest BCUT2D eigenvalue weighted by Gasteiger charge is 2.29. The Bertz CT molecular complexity index is 883. The van der Waals surface area contributed by atoms with Crippen molar-refractivity contribution in [2.24, 2.45) is 5.92 Å². The lowest BCUT2D eigenvalue weighted by Gasteiger charge is -2.24. The van der Waals surface area contributed by atoms with Crippen LogP contribution in [-0.4, -0.2) is 44.3 Å². The highest BCUT2D eigenvalue weighted by Crippen LogP contribution is 2.14. The second-order valence-electron chi connectivity index (χ2n) is 7.56. The normalized spacial score (nSPS) is 12.4. The molecule has 0 spiro atoms. The van der Waals surface area contributed by atoms with E-state index in [0.717, 1.165) is 11.1 Å². The van der Waals surface area contributed by atoms with Crippen LogP contribution in [-0.2, 0) is 32.1 Å². The largest absolute Gasteiger partial charge is 0.497 e. The summed E-state index contributed by atoms with van der Waals surface area (Å²) in [6.45, 7) is 3.66. The molecule has 0 radical (unpaired) electrons. The van der Waals surface area contributed by atoms with Crippen LogP contribution in [0.15, 0.2) is 54.6 Å². The molecule has 2 N–H and O–H groups in total. The van der Waals surface area contributed by atoms with Crippen molar-refractivity contribution in [2.75, 3.05) is 14.2 Å². The number of alkyl carbamates (subject to hydrolysis) is 1. The first-order chi connectivity index (χ1) is 15.3. The van der Waals surface area contributed by atoms with Gasteiger partial charge in [0.15, 0.2) is 0 Å². The summed E-state index contributed by atoms with van der Waals surface area (Å²) in [5.74, 6) is -0.632. The molecule has 2 aromatic rings. The summed E-state index contributed by atoms with van der Waals surface area (Å²) < 4.78 is 15.2. The van der Waals surface area contributed by atoms with Crippen LogP contribution >= 0.6 is 0 Å². The molecule has 0 heterocycles. The number of carbonyl (C=O) groups is 3. The van der Waals surface area contributed by atoms with Crippen LogP contribution < -0.4 is 15.4 Å². The summed E-state index contributed by atoms with van der Waals surface area (Å²) in [5.41, 5.74) is 1.65. The van der Waals surface area contributed by atoms with Crippen molar-refractivity contribution in [3.63, 3.8) is 0 Å². The zero-order valence-corrected chi connectivity index (χ0v) is 18.8. The fourth-order valence-electron chi connectivity index (χ4n) is 3.02. The molecule has 0 unspecified atom stereocenters. The van der Waals surface area contributed by atoms with E-state index in [1.54, 1.807) is 45.2 Å². The number of benzene rings is 2. The molecule has 8 heteroatoms. The van der Waals surface area contributed by atoms with Crippen LogP contribution in [0.3, 0.4) is 0 Å². The van der Waals surface area contributed by atoms with Crippen molar-refractivity contribution in [1.29, 1.82) is 0 Å². The summed E-state index contributed by atoms with van der Waals surface area (Å²) in [4.78, 5) is 37.4. The van der Waals surface area contributed by atoms with Gasteiger partial charge in [-0.3, -0.25) is 4.79 Å². The summed E-state index contributed by atoms with van der Waals surface area (Å²) in [5, 5.41) is 5.28. The molecule has 0 aromatic heterocycles. The van der Waals surface area contributed by atoms with Crippen molar-refractivity contribution in [1.82, 2.24) is 10.6 Å². The van der Waals surface area contributed by atoms with Crippen molar-refractivity contribution in [3.05, 3.63) is 65.7 Å². The van der Waals surface area contributed by atoms with Gasteiger partial charge >= 0.3 is 12.1 Å². The number of hydrogen-bond donors (Lipinski definition) is 2. The zero-order valence-electron chi connectivity index (χ0n) is 18.8. The topological polar surface area (TPSA) is 103 Å². The van der Waals surface area contributed by atoms with Gasteiger partial charge in [0.1, 0.15) is 24.4 Å². The van der Waals surface area contributed by atoms with Gasteiger partial charge in [-0.25, -0.2) is 9.59 Å². The lowest BCUT2D eigenvalue weighted by molar-refractivity contribution is -0.145. The van der Waals surface area contributed by atoms with Crippen molar-refractivity contribution in [2.45, 2.75) is 39.0 Å². The van der Waals surface area contributed by atoms with Gasteiger partial charge in [0.25, 0.3) is 0 Å². The molecule has 0 saturated carbocycles. The average Bonchev–Trinajstić information content (AvgIpc) is 2.81. The number of esters is 1. The minimum absolute atomic E-state index is 0.0847. The Morgan fingerprint density at radius 1 is 0.875 bits per heavy atom. The van der Waals surface area contributed by atoms with E-state index in [1.807, 2.05) is 30.3 Å². The number of hydrogen-bond acceptors (Lipinski definition) is 6. The summed E-state index contributed by atoms with van der Waals surface area (Å²) in [7, 11) is 2.82. The van der Waals surface area contributed by atoms with E-state index in [4.69, 9.17) is 14.2 Å². The lowest BCUT2D eigenvalue weighted by atomic mass is 10.0. The van der Waals surface area contributed by atoms with E-state index in [-0.39, 0.29) is 18.9 Å². The van der Waals surface area contributed by atoms with E-state index < -0.39 is 30.1 Å². The third-order valence-electron chi connectivity index (χ3n) is 4.84. The molecule has 0 aliphatic heterocycles. The van der Waals surface area contributed by atoms with Crippen molar-refractivity contribution >= 4 is 18.0 Å². The van der Waals surface area contributed by atoms with Crippen LogP contribution in [0.5, 0.6) is 5.75 Å². The smallest absolute Gasteiger partial charge is 0.408 e. The van der Waals surface area contributed by atoms with Gasteiger partial charge < -0.3 is 24.8 Å². The lowest BCUT2D eigenvalue weighted by Crippen LogP contribution is -2.54. The molecule has 2 rings (SSSR count).